The van der Waals surface area contributed by atoms with Crippen molar-refractivity contribution in [3.05, 3.63) is 53.3 Å². The Bertz CT molecular complexity index is 709. The number of carbonyl (C=O) groups excluding carboxylic acids is 1. The first kappa shape index (κ1) is 14.9. The first-order valence-corrected chi connectivity index (χ1v) is 7.12. The molecular formula is C16H14N2O2S. The lowest BCUT2D eigenvalue weighted by Gasteiger charge is -1.98. The van der Waals surface area contributed by atoms with E-state index in [1.807, 2.05) is 43.3 Å². The Labute approximate surface area is 127 Å². The molecule has 5 heteroatoms. The van der Waals surface area contributed by atoms with Gasteiger partial charge in [0.25, 0.3) is 5.91 Å². The molecule has 0 atom stereocenters. The third-order valence-corrected chi connectivity index (χ3v) is 3.65. The average molecular weight is 298 g/mol. The minimum absolute atomic E-state index is 0.0127. The van der Waals surface area contributed by atoms with Crippen molar-refractivity contribution in [1.82, 2.24) is 5.32 Å². The number of hydrogen-bond acceptors (Lipinski definition) is 4. The molecule has 0 spiro atoms. The van der Waals surface area contributed by atoms with Gasteiger partial charge in [-0.05, 0) is 31.2 Å². The molecule has 0 bridgehead atoms. The van der Waals surface area contributed by atoms with Crippen LogP contribution in [0, 0.1) is 18.3 Å². The van der Waals surface area contributed by atoms with Crippen molar-refractivity contribution in [3.8, 4) is 6.07 Å². The molecule has 2 aromatic rings. The van der Waals surface area contributed by atoms with Crippen LogP contribution in [-0.4, -0.2) is 13.0 Å². The van der Waals surface area contributed by atoms with Crippen LogP contribution in [0.1, 0.15) is 11.3 Å². The summed E-state index contributed by atoms with van der Waals surface area (Å²) in [7, 11) is 1.48. The largest absolute Gasteiger partial charge is 0.450 e. The maximum atomic E-state index is 11.4. The highest BCUT2D eigenvalue weighted by Gasteiger charge is 2.09. The molecule has 21 heavy (non-hydrogen) atoms. The highest BCUT2D eigenvalue weighted by atomic mass is 32.2. The van der Waals surface area contributed by atoms with E-state index in [1.54, 1.807) is 6.07 Å². The number of carbonyl (C=O) groups is 1. The second kappa shape index (κ2) is 6.82. The molecule has 0 aliphatic rings. The summed E-state index contributed by atoms with van der Waals surface area (Å²) < 4.78 is 5.60. The van der Waals surface area contributed by atoms with Crippen LogP contribution in [0.25, 0.3) is 6.08 Å². The summed E-state index contributed by atoms with van der Waals surface area (Å²) in [6.07, 6.45) is 1.43. The number of amides is 1. The van der Waals surface area contributed by atoms with E-state index >= 15 is 0 Å². The summed E-state index contributed by atoms with van der Waals surface area (Å²) in [5, 5.41) is 12.1. The highest BCUT2D eigenvalue weighted by molar-refractivity contribution is 7.99. The molecule has 1 N–H and O–H groups in total. The van der Waals surface area contributed by atoms with Crippen molar-refractivity contribution in [2.45, 2.75) is 16.9 Å². The predicted molar refractivity (Wildman–Crippen MR) is 81.7 cm³/mol. The van der Waals surface area contributed by atoms with E-state index in [2.05, 4.69) is 5.32 Å². The molecule has 0 aliphatic carbocycles. The second-order valence-corrected chi connectivity index (χ2v) is 5.40. The highest BCUT2D eigenvalue weighted by Crippen LogP contribution is 2.29. The van der Waals surface area contributed by atoms with Gasteiger partial charge in [-0.1, -0.05) is 29.5 Å². The molecule has 0 unspecified atom stereocenters. The van der Waals surface area contributed by atoms with Gasteiger partial charge < -0.3 is 9.73 Å². The minimum atomic E-state index is -0.429. The first-order chi connectivity index (χ1) is 10.1. The third kappa shape index (κ3) is 4.01. The Morgan fingerprint density at radius 2 is 2.00 bits per heavy atom. The van der Waals surface area contributed by atoms with Crippen molar-refractivity contribution in [2.24, 2.45) is 0 Å². The number of hydrogen-bond donors (Lipinski definition) is 1. The monoisotopic (exact) mass is 298 g/mol. The van der Waals surface area contributed by atoms with E-state index < -0.39 is 5.91 Å². The number of nitrogens with one attached hydrogen (secondary N) is 1. The number of benzene rings is 1. The smallest absolute Gasteiger partial charge is 0.261 e. The molecule has 0 radical (unpaired) electrons. The lowest BCUT2D eigenvalue weighted by molar-refractivity contribution is -0.116. The van der Waals surface area contributed by atoms with Gasteiger partial charge in [0, 0.05) is 18.0 Å². The van der Waals surface area contributed by atoms with Gasteiger partial charge in [-0.25, -0.2) is 0 Å². The van der Waals surface area contributed by atoms with Crippen molar-refractivity contribution in [1.29, 1.82) is 5.26 Å². The summed E-state index contributed by atoms with van der Waals surface area (Å²) in [6, 6.07) is 13.5. The van der Waals surface area contributed by atoms with Crippen molar-refractivity contribution in [2.75, 3.05) is 7.05 Å². The van der Waals surface area contributed by atoms with E-state index in [4.69, 9.17) is 9.68 Å². The van der Waals surface area contributed by atoms with Gasteiger partial charge in [0.1, 0.15) is 17.4 Å². The number of nitrogens with zero attached hydrogens (tertiary/aromatic N) is 1. The van der Waals surface area contributed by atoms with Gasteiger partial charge in [0.05, 0.1) is 0 Å². The van der Waals surface area contributed by atoms with Crippen LogP contribution >= 0.6 is 11.8 Å². The van der Waals surface area contributed by atoms with E-state index in [0.29, 0.717) is 10.9 Å². The molecule has 1 heterocycles. The summed E-state index contributed by atoms with van der Waals surface area (Å²) in [5.41, 5.74) is 1.21. The van der Waals surface area contributed by atoms with Crippen LogP contribution in [0.5, 0.6) is 0 Å². The fourth-order valence-corrected chi connectivity index (χ4v) is 2.39. The molecular weight excluding hydrogens is 284 g/mol. The Morgan fingerprint density at radius 3 is 2.62 bits per heavy atom. The molecule has 0 saturated carbocycles. The normalized spacial score (nSPS) is 11.0. The van der Waals surface area contributed by atoms with Gasteiger partial charge in [-0.2, -0.15) is 5.26 Å². The molecule has 0 aliphatic heterocycles. The Kier molecular flexibility index (Phi) is 4.85. The average Bonchev–Trinajstić information content (AvgIpc) is 2.93. The number of furan rings is 1. The van der Waals surface area contributed by atoms with Crippen molar-refractivity contribution >= 4 is 23.7 Å². The standard InChI is InChI=1S/C16H14N2O2S/c1-11-3-6-14(7-4-11)21-15-8-5-13(20-15)9-12(10-17)16(19)18-2/h3-9H,1-2H3,(H,18,19)/b12-9+. The lowest BCUT2D eigenvalue weighted by Crippen LogP contribution is -2.18. The zero-order valence-electron chi connectivity index (χ0n) is 11.7. The fourth-order valence-electron chi connectivity index (χ4n) is 1.61. The SMILES string of the molecule is CNC(=O)/C(C#N)=C/c1ccc(Sc2ccc(C)cc2)o1. The molecule has 0 fully saturated rings. The van der Waals surface area contributed by atoms with Crippen LogP contribution in [0.2, 0.25) is 0 Å². The molecule has 1 amide bonds. The number of aryl methyl sites for hydroxylation is 1. The van der Waals surface area contributed by atoms with Crippen molar-refractivity contribution in [3.63, 3.8) is 0 Å². The molecule has 4 nitrogen and oxygen atoms in total. The van der Waals surface area contributed by atoms with E-state index in [0.717, 1.165) is 4.90 Å². The first-order valence-electron chi connectivity index (χ1n) is 6.30. The number of likely N-dealkylation sites (N-methyl/N-ethyl adjacent to an activating group) is 1. The minimum Gasteiger partial charge on any atom is -0.450 e. The van der Waals surface area contributed by atoms with E-state index in [-0.39, 0.29) is 5.57 Å². The molecule has 0 saturated heterocycles. The maximum Gasteiger partial charge on any atom is 0.261 e. The second-order valence-electron chi connectivity index (χ2n) is 4.32. The number of rotatable bonds is 4. The molecule has 106 valence electrons. The molecule has 1 aromatic carbocycles. The Hall–Kier alpha value is -2.45. The van der Waals surface area contributed by atoms with Gasteiger partial charge >= 0.3 is 0 Å². The maximum absolute atomic E-state index is 11.4. The van der Waals surface area contributed by atoms with Crippen LogP contribution < -0.4 is 5.32 Å². The fraction of sp³-hybridized carbons (Fsp3) is 0.125. The lowest BCUT2D eigenvalue weighted by atomic mass is 10.2. The van der Waals surface area contributed by atoms with Crippen LogP contribution in [0.3, 0.4) is 0 Å². The molecule has 1 aromatic heterocycles. The van der Waals surface area contributed by atoms with Crippen molar-refractivity contribution < 1.29 is 9.21 Å². The zero-order chi connectivity index (χ0) is 15.2. The van der Waals surface area contributed by atoms with Gasteiger partial charge in [0.2, 0.25) is 0 Å². The summed E-state index contributed by atoms with van der Waals surface area (Å²) in [6.45, 7) is 2.03. The third-order valence-electron chi connectivity index (χ3n) is 2.72. The Balaban J connectivity index is 2.15. The van der Waals surface area contributed by atoms with Crippen LogP contribution in [-0.2, 0) is 4.79 Å². The van der Waals surface area contributed by atoms with Gasteiger partial charge in [-0.15, -0.1) is 0 Å². The predicted octanol–water partition coefficient (Wildman–Crippen LogP) is 3.39. The van der Waals surface area contributed by atoms with E-state index in [9.17, 15) is 4.79 Å². The summed E-state index contributed by atoms with van der Waals surface area (Å²) in [4.78, 5) is 12.5. The topological polar surface area (TPSA) is 66.0 Å². The van der Waals surface area contributed by atoms with Crippen LogP contribution in [0.15, 0.2) is 56.4 Å². The number of nitriles is 1. The summed E-state index contributed by atoms with van der Waals surface area (Å²) in [5.74, 6) is 0.0476. The van der Waals surface area contributed by atoms with Gasteiger partial charge in [-0.3, -0.25) is 4.79 Å². The molecule has 2 rings (SSSR count). The van der Waals surface area contributed by atoms with Crippen LogP contribution in [0.4, 0.5) is 0 Å². The van der Waals surface area contributed by atoms with Gasteiger partial charge in [0.15, 0.2) is 5.09 Å². The van der Waals surface area contributed by atoms with E-state index in [1.165, 1.54) is 30.4 Å². The Morgan fingerprint density at radius 1 is 1.29 bits per heavy atom. The summed E-state index contributed by atoms with van der Waals surface area (Å²) >= 11 is 1.49. The zero-order valence-corrected chi connectivity index (χ0v) is 12.5. The quantitative estimate of drug-likeness (QED) is 0.694.